The second kappa shape index (κ2) is 3.79. The first-order valence-electron chi connectivity index (χ1n) is 4.53. The highest BCUT2D eigenvalue weighted by Gasteiger charge is 2.19. The average molecular weight is 180 g/mol. The van der Waals surface area contributed by atoms with E-state index in [4.69, 9.17) is 4.74 Å². The number of rotatable bonds is 3. The summed E-state index contributed by atoms with van der Waals surface area (Å²) >= 11 is 0. The number of nitrogens with zero attached hydrogens (tertiary/aromatic N) is 1. The van der Waals surface area contributed by atoms with Crippen molar-refractivity contribution in [2.75, 3.05) is 21.1 Å². The van der Waals surface area contributed by atoms with Crippen LogP contribution in [0.15, 0.2) is 30.3 Å². The van der Waals surface area contributed by atoms with Crippen molar-refractivity contribution < 1.29 is 9.22 Å². The van der Waals surface area contributed by atoms with Gasteiger partial charge in [-0.15, -0.1) is 0 Å². The van der Waals surface area contributed by atoms with E-state index < -0.39 is 0 Å². The number of quaternary nitrogens is 1. The molecule has 2 heteroatoms. The number of hydrogen-bond acceptors (Lipinski definition) is 1. The molecule has 0 aliphatic rings. The van der Waals surface area contributed by atoms with Gasteiger partial charge in [-0.1, -0.05) is 18.2 Å². The van der Waals surface area contributed by atoms with Crippen LogP contribution in [0.3, 0.4) is 0 Å². The molecule has 0 aromatic heterocycles. The Morgan fingerprint density at radius 3 is 2.08 bits per heavy atom. The molecule has 2 nitrogen and oxygen atoms in total. The van der Waals surface area contributed by atoms with Gasteiger partial charge in [0.05, 0.1) is 21.1 Å². The summed E-state index contributed by atoms with van der Waals surface area (Å²) in [7, 11) is 6.36. The van der Waals surface area contributed by atoms with Crippen molar-refractivity contribution in [2.24, 2.45) is 0 Å². The maximum Gasteiger partial charge on any atom is 0.230 e. The molecule has 1 aromatic carbocycles. The van der Waals surface area contributed by atoms with Gasteiger partial charge in [-0.2, -0.15) is 0 Å². The van der Waals surface area contributed by atoms with Crippen molar-refractivity contribution in [3.8, 4) is 5.75 Å². The second-order valence-corrected chi connectivity index (χ2v) is 4.15. The lowest BCUT2D eigenvalue weighted by Gasteiger charge is -2.31. The van der Waals surface area contributed by atoms with Gasteiger partial charge < -0.3 is 4.74 Å². The highest BCUT2D eigenvalue weighted by atomic mass is 16.5. The summed E-state index contributed by atoms with van der Waals surface area (Å²) in [5, 5.41) is 0. The number of hydrogen-bond donors (Lipinski definition) is 0. The molecule has 0 heterocycles. The number of para-hydroxylation sites is 1. The number of benzene rings is 1. The fourth-order valence-electron chi connectivity index (χ4n) is 0.854. The summed E-state index contributed by atoms with van der Waals surface area (Å²) in [5.74, 6) is 0.933. The Labute approximate surface area is 80.3 Å². The topological polar surface area (TPSA) is 9.23 Å². The van der Waals surface area contributed by atoms with Crippen LogP contribution < -0.4 is 4.74 Å². The van der Waals surface area contributed by atoms with Crippen LogP contribution in [0.2, 0.25) is 0 Å². The summed E-state index contributed by atoms with van der Waals surface area (Å²) < 4.78 is 6.55. The van der Waals surface area contributed by atoms with Crippen LogP contribution in [0.1, 0.15) is 6.92 Å². The van der Waals surface area contributed by atoms with Crippen LogP contribution in [-0.4, -0.2) is 31.9 Å². The van der Waals surface area contributed by atoms with E-state index in [2.05, 4.69) is 28.1 Å². The van der Waals surface area contributed by atoms with Crippen molar-refractivity contribution in [3.63, 3.8) is 0 Å². The van der Waals surface area contributed by atoms with E-state index in [1.165, 1.54) is 0 Å². The molecule has 0 spiro atoms. The van der Waals surface area contributed by atoms with Crippen LogP contribution in [0.25, 0.3) is 0 Å². The summed E-state index contributed by atoms with van der Waals surface area (Å²) in [5.41, 5.74) is 0. The normalized spacial score (nSPS) is 13.8. The van der Waals surface area contributed by atoms with E-state index in [9.17, 15) is 0 Å². The average Bonchev–Trinajstić information content (AvgIpc) is 2.04. The zero-order valence-corrected chi connectivity index (χ0v) is 8.82. The molecule has 0 aliphatic heterocycles. The Morgan fingerprint density at radius 1 is 1.08 bits per heavy atom. The highest BCUT2D eigenvalue weighted by Crippen LogP contribution is 2.13. The summed E-state index contributed by atoms with van der Waals surface area (Å²) in [6, 6.07) is 9.91. The zero-order chi connectivity index (χ0) is 9.90. The third-order valence-corrected chi connectivity index (χ3v) is 2.14. The Morgan fingerprint density at radius 2 is 1.62 bits per heavy atom. The SMILES string of the molecule is CC(Oc1ccccc1)[N+](C)(C)C. The molecule has 0 saturated carbocycles. The van der Waals surface area contributed by atoms with Crippen LogP contribution in [0, 0.1) is 0 Å². The molecule has 0 fully saturated rings. The lowest BCUT2D eigenvalue weighted by Crippen LogP contribution is -2.46. The van der Waals surface area contributed by atoms with Gasteiger partial charge in [-0.3, -0.25) is 4.48 Å². The van der Waals surface area contributed by atoms with Crippen molar-refractivity contribution >= 4 is 0 Å². The van der Waals surface area contributed by atoms with E-state index in [-0.39, 0.29) is 6.23 Å². The Balaban J connectivity index is 2.61. The van der Waals surface area contributed by atoms with Crippen LogP contribution in [-0.2, 0) is 0 Å². The van der Waals surface area contributed by atoms with E-state index in [0.29, 0.717) is 0 Å². The van der Waals surface area contributed by atoms with Gasteiger partial charge in [0.1, 0.15) is 5.75 Å². The van der Waals surface area contributed by atoms with Crippen molar-refractivity contribution in [1.82, 2.24) is 0 Å². The van der Waals surface area contributed by atoms with Crippen molar-refractivity contribution in [2.45, 2.75) is 13.2 Å². The van der Waals surface area contributed by atoms with Gasteiger partial charge in [0.15, 0.2) is 0 Å². The molecule has 1 unspecified atom stereocenters. The molecule has 0 saturated heterocycles. The van der Waals surface area contributed by atoms with Crippen LogP contribution >= 0.6 is 0 Å². The third-order valence-electron chi connectivity index (χ3n) is 2.14. The lowest BCUT2D eigenvalue weighted by molar-refractivity contribution is -0.912. The molecule has 1 aromatic rings. The predicted octanol–water partition coefficient (Wildman–Crippen LogP) is 2.12. The first kappa shape index (κ1) is 10.1. The summed E-state index contributed by atoms with van der Waals surface area (Å²) in [6.07, 6.45) is 0.169. The molecule has 13 heavy (non-hydrogen) atoms. The molecule has 0 radical (unpaired) electrons. The standard InChI is InChI=1S/C11H18NO/c1-10(12(2,3)4)13-11-8-6-5-7-9-11/h5-10H,1-4H3/q+1. The smallest absolute Gasteiger partial charge is 0.230 e. The maximum absolute atomic E-state index is 5.75. The van der Waals surface area contributed by atoms with Gasteiger partial charge in [-0.05, 0) is 12.1 Å². The largest absolute Gasteiger partial charge is 0.443 e. The van der Waals surface area contributed by atoms with E-state index in [0.717, 1.165) is 10.2 Å². The minimum atomic E-state index is 0.169. The fraction of sp³-hybridized carbons (Fsp3) is 0.455. The monoisotopic (exact) mass is 180 g/mol. The first-order valence-corrected chi connectivity index (χ1v) is 4.53. The van der Waals surface area contributed by atoms with Gasteiger partial charge in [-0.25, -0.2) is 0 Å². The maximum atomic E-state index is 5.75. The van der Waals surface area contributed by atoms with Crippen molar-refractivity contribution in [1.29, 1.82) is 0 Å². The predicted molar refractivity (Wildman–Crippen MR) is 54.6 cm³/mol. The lowest BCUT2D eigenvalue weighted by atomic mass is 10.3. The molecule has 72 valence electrons. The fourth-order valence-corrected chi connectivity index (χ4v) is 0.854. The third kappa shape index (κ3) is 3.07. The molecule has 1 atom stereocenters. The first-order chi connectivity index (χ1) is 6.00. The van der Waals surface area contributed by atoms with E-state index >= 15 is 0 Å². The Hall–Kier alpha value is -1.02. The van der Waals surface area contributed by atoms with Gasteiger partial charge in [0.2, 0.25) is 6.23 Å². The molecule has 0 bridgehead atoms. The molecule has 0 N–H and O–H groups in total. The molecular formula is C11H18NO+. The minimum Gasteiger partial charge on any atom is -0.443 e. The summed E-state index contributed by atoms with van der Waals surface area (Å²) in [6.45, 7) is 2.08. The van der Waals surface area contributed by atoms with Gasteiger partial charge >= 0.3 is 0 Å². The summed E-state index contributed by atoms with van der Waals surface area (Å²) in [4.78, 5) is 0. The minimum absolute atomic E-state index is 0.169. The Bertz CT molecular complexity index is 251. The quantitative estimate of drug-likeness (QED) is 0.511. The highest BCUT2D eigenvalue weighted by molar-refractivity contribution is 5.20. The number of ether oxygens (including phenoxy) is 1. The van der Waals surface area contributed by atoms with Crippen molar-refractivity contribution in [3.05, 3.63) is 30.3 Å². The molecule has 1 rings (SSSR count). The Kier molecular flexibility index (Phi) is 2.94. The van der Waals surface area contributed by atoms with Gasteiger partial charge in [0.25, 0.3) is 0 Å². The second-order valence-electron chi connectivity index (χ2n) is 4.15. The van der Waals surface area contributed by atoms with E-state index in [1.807, 2.05) is 30.3 Å². The molecule has 0 amide bonds. The molecular weight excluding hydrogens is 162 g/mol. The van der Waals surface area contributed by atoms with Gasteiger partial charge in [0, 0.05) is 6.92 Å². The van der Waals surface area contributed by atoms with Crippen LogP contribution in [0.4, 0.5) is 0 Å². The van der Waals surface area contributed by atoms with Crippen LogP contribution in [0.5, 0.6) is 5.75 Å². The molecule has 0 aliphatic carbocycles. The van der Waals surface area contributed by atoms with E-state index in [1.54, 1.807) is 0 Å². The zero-order valence-electron chi connectivity index (χ0n) is 8.82.